The molecule has 8 heavy (non-hydrogen) atoms. The molecule has 2 aliphatic carbocycles. The first-order valence-electron chi connectivity index (χ1n) is 3.16. The lowest BCUT2D eigenvalue weighted by Crippen LogP contribution is -2.04. The lowest BCUT2D eigenvalue weighted by atomic mass is 10.3. The minimum Gasteiger partial charge on any atom is -0.396 e. The van der Waals surface area contributed by atoms with Crippen LogP contribution in [0.4, 0.5) is 0 Å². The van der Waals surface area contributed by atoms with Crippen molar-refractivity contribution < 1.29 is 5.11 Å². The topological polar surface area (TPSA) is 46.2 Å². The fourth-order valence-corrected chi connectivity index (χ4v) is 1.70. The van der Waals surface area contributed by atoms with Gasteiger partial charge in [-0.25, -0.2) is 0 Å². The summed E-state index contributed by atoms with van der Waals surface area (Å²) >= 11 is 0. The molecule has 0 unspecified atom stereocenters. The van der Waals surface area contributed by atoms with Gasteiger partial charge in [0.2, 0.25) is 0 Å². The van der Waals surface area contributed by atoms with Gasteiger partial charge in [0.1, 0.15) is 0 Å². The highest BCUT2D eigenvalue weighted by atomic mass is 16.3. The third-order valence-corrected chi connectivity index (χ3v) is 2.68. The standard InChI is InChI=1S/C6H11NO/c7-5-2-6(5)1-4(6)3-8/h4-5,8H,1-3,7H2/t4-,5+,6-/m1/s1. The summed E-state index contributed by atoms with van der Waals surface area (Å²) in [5, 5.41) is 8.64. The number of aliphatic hydroxyl groups is 1. The Morgan fingerprint density at radius 3 is 2.38 bits per heavy atom. The maximum Gasteiger partial charge on any atom is 0.0465 e. The maximum absolute atomic E-state index is 8.64. The van der Waals surface area contributed by atoms with Gasteiger partial charge < -0.3 is 10.8 Å². The maximum atomic E-state index is 8.64. The summed E-state index contributed by atoms with van der Waals surface area (Å²) < 4.78 is 0. The zero-order valence-electron chi connectivity index (χ0n) is 4.80. The average molecular weight is 113 g/mol. The van der Waals surface area contributed by atoms with Crippen LogP contribution in [0.3, 0.4) is 0 Å². The van der Waals surface area contributed by atoms with Gasteiger partial charge in [-0.1, -0.05) is 0 Å². The van der Waals surface area contributed by atoms with Crippen molar-refractivity contribution in [1.82, 2.24) is 0 Å². The molecule has 2 heteroatoms. The molecule has 46 valence electrons. The number of rotatable bonds is 1. The minimum absolute atomic E-state index is 0.355. The molecule has 2 rings (SSSR count). The van der Waals surface area contributed by atoms with Gasteiger partial charge in [-0.2, -0.15) is 0 Å². The van der Waals surface area contributed by atoms with Crippen molar-refractivity contribution >= 4 is 0 Å². The Balaban J connectivity index is 1.97. The molecule has 0 aliphatic heterocycles. The van der Waals surface area contributed by atoms with Crippen LogP contribution in [0.1, 0.15) is 12.8 Å². The fraction of sp³-hybridized carbons (Fsp3) is 1.00. The van der Waals surface area contributed by atoms with Gasteiger partial charge >= 0.3 is 0 Å². The van der Waals surface area contributed by atoms with Crippen LogP contribution in [0.15, 0.2) is 0 Å². The molecule has 2 aliphatic rings. The third-order valence-electron chi connectivity index (χ3n) is 2.68. The zero-order chi connectivity index (χ0) is 5.78. The molecule has 0 saturated heterocycles. The van der Waals surface area contributed by atoms with Crippen LogP contribution < -0.4 is 5.73 Å². The molecular weight excluding hydrogens is 102 g/mol. The second kappa shape index (κ2) is 1.09. The van der Waals surface area contributed by atoms with Crippen molar-refractivity contribution in [2.24, 2.45) is 17.1 Å². The molecular formula is C6H11NO. The largest absolute Gasteiger partial charge is 0.396 e. The fourth-order valence-electron chi connectivity index (χ4n) is 1.70. The summed E-state index contributed by atoms with van der Waals surface area (Å²) in [5.41, 5.74) is 6.07. The summed E-state index contributed by atoms with van der Waals surface area (Å²) in [6.45, 7) is 0.355. The Morgan fingerprint density at radius 2 is 2.25 bits per heavy atom. The van der Waals surface area contributed by atoms with Gasteiger partial charge in [0.25, 0.3) is 0 Å². The Bertz CT molecular complexity index is 126. The van der Waals surface area contributed by atoms with E-state index in [0.717, 1.165) is 6.42 Å². The van der Waals surface area contributed by atoms with E-state index in [4.69, 9.17) is 10.8 Å². The summed E-state index contributed by atoms with van der Waals surface area (Å²) in [5.74, 6) is 0.567. The van der Waals surface area contributed by atoms with E-state index in [2.05, 4.69) is 0 Å². The van der Waals surface area contributed by atoms with E-state index in [-0.39, 0.29) is 0 Å². The Labute approximate surface area is 48.7 Å². The van der Waals surface area contributed by atoms with Gasteiger partial charge in [-0.15, -0.1) is 0 Å². The number of aliphatic hydroxyl groups excluding tert-OH is 1. The van der Waals surface area contributed by atoms with Crippen LogP contribution in [-0.2, 0) is 0 Å². The molecule has 1 spiro atoms. The Morgan fingerprint density at radius 1 is 1.62 bits per heavy atom. The molecule has 2 fully saturated rings. The van der Waals surface area contributed by atoms with Crippen molar-refractivity contribution in [3.63, 3.8) is 0 Å². The average Bonchev–Trinajstić information content (AvgIpc) is 2.55. The highest BCUT2D eigenvalue weighted by molar-refractivity contribution is 5.21. The van der Waals surface area contributed by atoms with Crippen LogP contribution in [0, 0.1) is 11.3 Å². The Kier molecular flexibility index (Phi) is 0.649. The smallest absolute Gasteiger partial charge is 0.0465 e. The van der Waals surface area contributed by atoms with Crippen LogP contribution in [0.2, 0.25) is 0 Å². The van der Waals surface area contributed by atoms with E-state index in [0.29, 0.717) is 24.0 Å². The van der Waals surface area contributed by atoms with Gasteiger partial charge in [0.05, 0.1) is 0 Å². The minimum atomic E-state index is 0.355. The predicted molar refractivity (Wildman–Crippen MR) is 30.2 cm³/mol. The summed E-state index contributed by atoms with van der Waals surface area (Å²) in [4.78, 5) is 0. The third kappa shape index (κ3) is 0.361. The van der Waals surface area contributed by atoms with E-state index in [9.17, 15) is 0 Å². The van der Waals surface area contributed by atoms with Crippen molar-refractivity contribution in [2.45, 2.75) is 18.9 Å². The zero-order valence-corrected chi connectivity index (χ0v) is 4.80. The predicted octanol–water partition coefficient (Wildman–Crippen LogP) is -0.284. The molecule has 2 nitrogen and oxygen atoms in total. The van der Waals surface area contributed by atoms with Crippen molar-refractivity contribution in [3.05, 3.63) is 0 Å². The van der Waals surface area contributed by atoms with Crippen LogP contribution in [0.5, 0.6) is 0 Å². The Hall–Kier alpha value is -0.0800. The lowest BCUT2D eigenvalue weighted by molar-refractivity contribution is 0.266. The first-order chi connectivity index (χ1) is 3.79. The second-order valence-electron chi connectivity index (χ2n) is 3.13. The molecule has 0 aromatic rings. The van der Waals surface area contributed by atoms with Gasteiger partial charge in [-0.3, -0.25) is 0 Å². The van der Waals surface area contributed by atoms with Crippen LogP contribution >= 0.6 is 0 Å². The number of nitrogens with two attached hydrogens (primary N) is 1. The molecule has 3 N–H and O–H groups in total. The molecule has 0 heterocycles. The van der Waals surface area contributed by atoms with Gasteiger partial charge in [0, 0.05) is 12.6 Å². The van der Waals surface area contributed by atoms with E-state index in [1.54, 1.807) is 0 Å². The summed E-state index contributed by atoms with van der Waals surface area (Å²) in [6, 6.07) is 0.430. The molecule has 0 radical (unpaired) electrons. The summed E-state index contributed by atoms with van der Waals surface area (Å²) in [7, 11) is 0. The van der Waals surface area contributed by atoms with Crippen molar-refractivity contribution in [3.8, 4) is 0 Å². The van der Waals surface area contributed by atoms with E-state index in [1.807, 2.05) is 0 Å². The molecule has 0 aromatic heterocycles. The number of hydrogen-bond donors (Lipinski definition) is 2. The highest BCUT2D eigenvalue weighted by Gasteiger charge is 2.68. The first kappa shape index (κ1) is 4.77. The number of hydrogen-bond acceptors (Lipinski definition) is 2. The van der Waals surface area contributed by atoms with E-state index >= 15 is 0 Å². The molecule has 0 amide bonds. The molecule has 2 saturated carbocycles. The summed E-state index contributed by atoms with van der Waals surface area (Å²) in [6.07, 6.45) is 2.35. The quantitative estimate of drug-likeness (QED) is 0.491. The van der Waals surface area contributed by atoms with E-state index in [1.165, 1.54) is 6.42 Å². The molecule has 0 aromatic carbocycles. The normalized spacial score (nSPS) is 59.2. The molecule has 3 atom stereocenters. The van der Waals surface area contributed by atoms with Gasteiger partial charge in [-0.05, 0) is 24.2 Å². The monoisotopic (exact) mass is 113 g/mol. The van der Waals surface area contributed by atoms with Crippen molar-refractivity contribution in [2.75, 3.05) is 6.61 Å². The van der Waals surface area contributed by atoms with Gasteiger partial charge in [0.15, 0.2) is 0 Å². The first-order valence-corrected chi connectivity index (χ1v) is 3.16. The highest BCUT2D eigenvalue weighted by Crippen LogP contribution is 2.69. The second-order valence-corrected chi connectivity index (χ2v) is 3.13. The van der Waals surface area contributed by atoms with Crippen LogP contribution in [0.25, 0.3) is 0 Å². The van der Waals surface area contributed by atoms with Crippen molar-refractivity contribution in [1.29, 1.82) is 0 Å². The SMILES string of the molecule is N[C@H]1C[C@@]12C[C@@H]2CO. The van der Waals surface area contributed by atoms with E-state index < -0.39 is 0 Å². The molecule has 0 bridgehead atoms. The lowest BCUT2D eigenvalue weighted by Gasteiger charge is -1.85. The van der Waals surface area contributed by atoms with Crippen LogP contribution in [-0.4, -0.2) is 17.8 Å².